The number of nitrogens with zero attached hydrogens (tertiary/aromatic N) is 2. The van der Waals surface area contributed by atoms with Gasteiger partial charge < -0.3 is 15.8 Å². The number of methoxy groups -OCH3 is 1. The molecular formula is C20H33IN4O. The summed E-state index contributed by atoms with van der Waals surface area (Å²) in [6, 6.07) is 11.4. The molecule has 1 heterocycles. The van der Waals surface area contributed by atoms with E-state index in [1.807, 2.05) is 0 Å². The highest BCUT2D eigenvalue weighted by Gasteiger charge is 2.48. The molecule has 2 aliphatic rings. The van der Waals surface area contributed by atoms with Crippen molar-refractivity contribution in [2.75, 3.05) is 20.2 Å². The number of piperidine rings is 1. The van der Waals surface area contributed by atoms with Crippen molar-refractivity contribution in [3.05, 3.63) is 35.9 Å². The second-order valence-corrected chi connectivity index (χ2v) is 7.99. The van der Waals surface area contributed by atoms with Crippen molar-refractivity contribution in [1.29, 1.82) is 0 Å². The Kier molecular flexibility index (Phi) is 7.73. The maximum atomic E-state index is 6.17. The summed E-state index contributed by atoms with van der Waals surface area (Å²) in [6.45, 7) is 7.63. The molecule has 5 nitrogen and oxygen atoms in total. The van der Waals surface area contributed by atoms with E-state index in [2.05, 4.69) is 54.4 Å². The summed E-state index contributed by atoms with van der Waals surface area (Å²) in [7, 11) is 1.77. The summed E-state index contributed by atoms with van der Waals surface area (Å²) < 4.78 is 5.49. The van der Waals surface area contributed by atoms with E-state index < -0.39 is 0 Å². The third-order valence-electron chi connectivity index (χ3n) is 5.89. The molecule has 1 aliphatic heterocycles. The molecule has 0 aromatic heterocycles. The molecule has 0 amide bonds. The molecule has 3 rings (SSSR count). The fourth-order valence-electron chi connectivity index (χ4n) is 3.97. The minimum absolute atomic E-state index is 0. The van der Waals surface area contributed by atoms with Crippen molar-refractivity contribution >= 4 is 29.9 Å². The number of hydrogen-bond acceptors (Lipinski definition) is 3. The van der Waals surface area contributed by atoms with Crippen LogP contribution >= 0.6 is 24.0 Å². The van der Waals surface area contributed by atoms with Crippen LogP contribution in [0.2, 0.25) is 0 Å². The van der Waals surface area contributed by atoms with E-state index in [9.17, 15) is 0 Å². The molecule has 1 aromatic carbocycles. The number of nitrogens with two attached hydrogens (primary N) is 1. The van der Waals surface area contributed by atoms with Crippen LogP contribution in [0.1, 0.15) is 38.7 Å². The maximum Gasteiger partial charge on any atom is 0.189 e. The number of benzene rings is 1. The van der Waals surface area contributed by atoms with Crippen molar-refractivity contribution in [2.45, 2.75) is 57.8 Å². The van der Waals surface area contributed by atoms with Crippen LogP contribution in [0.5, 0.6) is 0 Å². The van der Waals surface area contributed by atoms with Crippen molar-refractivity contribution < 1.29 is 4.74 Å². The minimum Gasteiger partial charge on any atom is -0.381 e. The van der Waals surface area contributed by atoms with Gasteiger partial charge in [0, 0.05) is 38.2 Å². The summed E-state index contributed by atoms with van der Waals surface area (Å²) in [5, 5.41) is 3.43. The lowest BCUT2D eigenvalue weighted by Gasteiger charge is -2.49. The van der Waals surface area contributed by atoms with E-state index in [0.29, 0.717) is 12.0 Å². The smallest absolute Gasteiger partial charge is 0.189 e. The number of halogens is 1. The van der Waals surface area contributed by atoms with Crippen LogP contribution in [-0.4, -0.2) is 49.2 Å². The average Bonchev–Trinajstić information content (AvgIpc) is 2.61. The lowest BCUT2D eigenvalue weighted by atomic mass is 9.65. The molecule has 1 saturated heterocycles. The Morgan fingerprint density at radius 3 is 2.50 bits per heavy atom. The third-order valence-corrected chi connectivity index (χ3v) is 5.89. The standard InChI is InChI=1S/C20H32N4O.HI/c1-20(2)17(13-18(20)25-3)23-19(21)22-16-9-11-24(12-10-16)14-15-7-5-4-6-8-15;/h4-8,16-18H,9-14H2,1-3H3,(H3,21,22,23);1H. The predicted octanol–water partition coefficient (Wildman–Crippen LogP) is 2.99. The van der Waals surface area contributed by atoms with Gasteiger partial charge in [-0.25, -0.2) is 4.99 Å². The van der Waals surface area contributed by atoms with Crippen LogP contribution in [-0.2, 0) is 11.3 Å². The monoisotopic (exact) mass is 472 g/mol. The number of ether oxygens (including phenoxy) is 1. The van der Waals surface area contributed by atoms with Gasteiger partial charge in [0.2, 0.25) is 0 Å². The van der Waals surface area contributed by atoms with E-state index in [1.54, 1.807) is 7.11 Å². The van der Waals surface area contributed by atoms with Crippen molar-refractivity contribution in [3.63, 3.8) is 0 Å². The number of guanidine groups is 1. The van der Waals surface area contributed by atoms with Crippen LogP contribution in [0.3, 0.4) is 0 Å². The highest BCUT2D eigenvalue weighted by Crippen LogP contribution is 2.44. The highest BCUT2D eigenvalue weighted by molar-refractivity contribution is 14.0. The van der Waals surface area contributed by atoms with E-state index >= 15 is 0 Å². The Labute approximate surface area is 174 Å². The predicted molar refractivity (Wildman–Crippen MR) is 118 cm³/mol. The number of rotatable bonds is 5. The molecule has 146 valence electrons. The highest BCUT2D eigenvalue weighted by atomic mass is 127. The topological polar surface area (TPSA) is 62.9 Å². The van der Waals surface area contributed by atoms with Gasteiger partial charge in [-0.3, -0.25) is 4.90 Å². The zero-order chi connectivity index (χ0) is 17.9. The Morgan fingerprint density at radius 2 is 1.92 bits per heavy atom. The number of hydrogen-bond donors (Lipinski definition) is 2. The molecule has 1 aromatic rings. The molecule has 26 heavy (non-hydrogen) atoms. The Balaban J connectivity index is 0.00000243. The first-order chi connectivity index (χ1) is 12.0. The van der Waals surface area contributed by atoms with Crippen LogP contribution in [0.15, 0.2) is 35.3 Å². The summed E-state index contributed by atoms with van der Waals surface area (Å²) in [5.74, 6) is 0.592. The van der Waals surface area contributed by atoms with Crippen LogP contribution in [0, 0.1) is 5.41 Å². The zero-order valence-electron chi connectivity index (χ0n) is 16.1. The molecule has 2 fully saturated rings. The lowest BCUT2D eigenvalue weighted by Crippen LogP contribution is -2.55. The maximum absolute atomic E-state index is 6.17. The molecule has 2 unspecified atom stereocenters. The SMILES string of the molecule is COC1CC(N=C(N)NC2CCN(Cc3ccccc3)CC2)C1(C)C.I. The third kappa shape index (κ3) is 5.10. The average molecular weight is 472 g/mol. The molecule has 1 saturated carbocycles. The molecule has 3 N–H and O–H groups in total. The molecule has 1 aliphatic carbocycles. The van der Waals surface area contributed by atoms with Gasteiger partial charge in [-0.1, -0.05) is 44.2 Å². The first-order valence-corrected chi connectivity index (χ1v) is 9.38. The molecule has 0 spiro atoms. The quantitative estimate of drug-likeness (QED) is 0.393. The van der Waals surface area contributed by atoms with E-state index in [0.717, 1.165) is 38.9 Å². The first-order valence-electron chi connectivity index (χ1n) is 9.38. The van der Waals surface area contributed by atoms with Gasteiger partial charge in [0.25, 0.3) is 0 Å². The first kappa shape index (κ1) is 21.4. The second-order valence-electron chi connectivity index (χ2n) is 7.99. The van der Waals surface area contributed by atoms with E-state index in [-0.39, 0.29) is 41.5 Å². The lowest BCUT2D eigenvalue weighted by molar-refractivity contribution is -0.0851. The minimum atomic E-state index is 0. The zero-order valence-corrected chi connectivity index (χ0v) is 18.5. The summed E-state index contributed by atoms with van der Waals surface area (Å²) >= 11 is 0. The molecule has 2 atom stereocenters. The summed E-state index contributed by atoms with van der Waals surface area (Å²) in [4.78, 5) is 7.22. The van der Waals surface area contributed by atoms with Crippen LogP contribution < -0.4 is 11.1 Å². The van der Waals surface area contributed by atoms with Gasteiger partial charge in [0.1, 0.15) is 0 Å². The number of aliphatic imine (C=N–C) groups is 1. The fraction of sp³-hybridized carbons (Fsp3) is 0.650. The summed E-state index contributed by atoms with van der Waals surface area (Å²) in [5.41, 5.74) is 7.62. The Hall–Kier alpha value is -0.860. The molecule has 0 radical (unpaired) electrons. The van der Waals surface area contributed by atoms with Gasteiger partial charge in [-0.05, 0) is 24.8 Å². The van der Waals surface area contributed by atoms with Gasteiger partial charge in [-0.2, -0.15) is 0 Å². The van der Waals surface area contributed by atoms with Crippen molar-refractivity contribution in [1.82, 2.24) is 10.2 Å². The van der Waals surface area contributed by atoms with Gasteiger partial charge in [0.05, 0.1) is 12.1 Å². The van der Waals surface area contributed by atoms with Gasteiger partial charge in [0.15, 0.2) is 5.96 Å². The molecule has 6 heteroatoms. The van der Waals surface area contributed by atoms with E-state index in [4.69, 9.17) is 15.5 Å². The van der Waals surface area contributed by atoms with Gasteiger partial charge in [-0.15, -0.1) is 24.0 Å². The van der Waals surface area contributed by atoms with Gasteiger partial charge >= 0.3 is 0 Å². The molecular weight excluding hydrogens is 439 g/mol. The fourth-order valence-corrected chi connectivity index (χ4v) is 3.97. The molecule has 0 bridgehead atoms. The van der Waals surface area contributed by atoms with Crippen LogP contribution in [0.25, 0.3) is 0 Å². The largest absolute Gasteiger partial charge is 0.381 e. The normalized spacial score (nSPS) is 26.7. The second kappa shape index (κ2) is 9.37. The van der Waals surface area contributed by atoms with E-state index in [1.165, 1.54) is 5.56 Å². The van der Waals surface area contributed by atoms with Crippen LogP contribution in [0.4, 0.5) is 0 Å². The number of nitrogens with one attached hydrogen (secondary N) is 1. The number of likely N-dealkylation sites (tertiary alicyclic amines) is 1. The Bertz CT molecular complexity index is 585. The van der Waals surface area contributed by atoms with Crippen molar-refractivity contribution in [2.24, 2.45) is 16.1 Å². The van der Waals surface area contributed by atoms with Crippen molar-refractivity contribution in [3.8, 4) is 0 Å². The summed E-state index contributed by atoms with van der Waals surface area (Å²) in [6.07, 6.45) is 3.46. The Morgan fingerprint density at radius 1 is 1.27 bits per heavy atom.